The Labute approximate surface area is 96.8 Å². The third-order valence-electron chi connectivity index (χ3n) is 3.10. The molecule has 0 unspecified atom stereocenters. The monoisotopic (exact) mass is 269 g/mol. The van der Waals surface area contributed by atoms with Gasteiger partial charge in [-0.25, -0.2) is 0 Å². The van der Waals surface area contributed by atoms with Crippen molar-refractivity contribution < 1.29 is 0 Å². The molecule has 1 nitrogen and oxygen atoms in total. The molecule has 1 aliphatic heterocycles. The van der Waals surface area contributed by atoms with Crippen LogP contribution >= 0.6 is 27.7 Å². The summed E-state index contributed by atoms with van der Waals surface area (Å²) in [6.45, 7) is 1.16. The van der Waals surface area contributed by atoms with Crippen LogP contribution < -0.4 is 5.32 Å². The summed E-state index contributed by atoms with van der Waals surface area (Å²) in [6, 6.07) is 6.40. The highest BCUT2D eigenvalue weighted by atomic mass is 79.9. The summed E-state index contributed by atoms with van der Waals surface area (Å²) in [5.74, 6) is 1.27. The Kier molecular flexibility index (Phi) is 2.06. The van der Waals surface area contributed by atoms with Crippen molar-refractivity contribution in [2.45, 2.75) is 17.7 Å². The molecule has 0 aromatic heterocycles. The number of fused-ring (bicyclic) bond motifs is 1. The van der Waals surface area contributed by atoms with E-state index < -0.39 is 0 Å². The second kappa shape index (κ2) is 3.17. The Morgan fingerprint density at radius 1 is 1.36 bits per heavy atom. The molecule has 74 valence electrons. The maximum absolute atomic E-state index is 3.61. The summed E-state index contributed by atoms with van der Waals surface area (Å²) in [4.78, 5) is 1.39. The smallest absolute Gasteiger partial charge is 0.0490 e. The molecule has 1 aromatic carbocycles. The van der Waals surface area contributed by atoms with Crippen LogP contribution in [-0.2, 0) is 0 Å². The van der Waals surface area contributed by atoms with Crippen molar-refractivity contribution in [3.05, 3.63) is 22.7 Å². The van der Waals surface area contributed by atoms with Crippen molar-refractivity contribution >= 4 is 33.4 Å². The highest BCUT2D eigenvalue weighted by Crippen LogP contribution is 2.52. The van der Waals surface area contributed by atoms with E-state index in [2.05, 4.69) is 39.4 Å². The zero-order valence-electron chi connectivity index (χ0n) is 7.85. The van der Waals surface area contributed by atoms with E-state index in [0.29, 0.717) is 5.41 Å². The Morgan fingerprint density at radius 3 is 3.00 bits per heavy atom. The molecule has 2 aliphatic rings. The van der Waals surface area contributed by atoms with Gasteiger partial charge in [-0.05, 0) is 46.3 Å². The van der Waals surface area contributed by atoms with Crippen molar-refractivity contribution in [2.24, 2.45) is 5.41 Å². The summed E-state index contributed by atoms with van der Waals surface area (Å²) in [5.41, 5.74) is 1.91. The normalized spacial score (nSPS) is 22.4. The Balaban J connectivity index is 1.96. The van der Waals surface area contributed by atoms with Crippen LogP contribution in [0.15, 0.2) is 27.6 Å². The van der Waals surface area contributed by atoms with Crippen LogP contribution in [-0.4, -0.2) is 12.3 Å². The minimum Gasteiger partial charge on any atom is -0.384 e. The van der Waals surface area contributed by atoms with Gasteiger partial charge in [0.05, 0.1) is 0 Å². The molecule has 0 radical (unpaired) electrons. The first kappa shape index (κ1) is 9.10. The molecule has 0 atom stereocenters. The second-order valence-electron chi connectivity index (χ2n) is 4.26. The van der Waals surface area contributed by atoms with Gasteiger partial charge < -0.3 is 5.32 Å². The average Bonchev–Trinajstić information content (AvgIpc) is 2.96. The van der Waals surface area contributed by atoms with Crippen LogP contribution in [0.1, 0.15) is 12.8 Å². The van der Waals surface area contributed by atoms with E-state index in [4.69, 9.17) is 0 Å². The number of hydrogen-bond donors (Lipinski definition) is 1. The third kappa shape index (κ3) is 1.47. The predicted molar refractivity (Wildman–Crippen MR) is 65.0 cm³/mol. The topological polar surface area (TPSA) is 12.0 Å². The van der Waals surface area contributed by atoms with Crippen molar-refractivity contribution in [1.29, 1.82) is 0 Å². The fraction of sp³-hybridized carbons (Fsp3) is 0.455. The molecule has 1 N–H and O–H groups in total. The molecule has 0 saturated heterocycles. The maximum Gasteiger partial charge on any atom is 0.0490 e. The first-order valence-corrected chi connectivity index (χ1v) is 6.72. The zero-order chi connectivity index (χ0) is 9.60. The van der Waals surface area contributed by atoms with Crippen LogP contribution in [0.4, 0.5) is 5.69 Å². The number of anilines is 1. The lowest BCUT2D eigenvalue weighted by atomic mass is 10.1. The highest BCUT2D eigenvalue weighted by Gasteiger charge is 2.43. The van der Waals surface area contributed by atoms with Crippen LogP contribution in [0.25, 0.3) is 0 Å². The molecule has 3 rings (SSSR count). The van der Waals surface area contributed by atoms with Gasteiger partial charge in [0.25, 0.3) is 0 Å². The van der Waals surface area contributed by atoms with Gasteiger partial charge in [0.1, 0.15) is 0 Å². The Morgan fingerprint density at radius 2 is 2.21 bits per heavy atom. The van der Waals surface area contributed by atoms with Crippen LogP contribution in [0.2, 0.25) is 0 Å². The third-order valence-corrected chi connectivity index (χ3v) is 5.51. The van der Waals surface area contributed by atoms with Crippen LogP contribution in [0, 0.1) is 5.41 Å². The average molecular weight is 270 g/mol. The second-order valence-corrected chi connectivity index (χ2v) is 6.10. The number of hydrogen-bond acceptors (Lipinski definition) is 2. The molecule has 1 aliphatic carbocycles. The highest BCUT2D eigenvalue weighted by molar-refractivity contribution is 9.10. The van der Waals surface area contributed by atoms with Crippen molar-refractivity contribution in [1.82, 2.24) is 0 Å². The van der Waals surface area contributed by atoms with Gasteiger partial charge in [0, 0.05) is 27.4 Å². The summed E-state index contributed by atoms with van der Waals surface area (Å²) < 4.78 is 1.23. The molecule has 3 heteroatoms. The van der Waals surface area contributed by atoms with Crippen LogP contribution in [0.3, 0.4) is 0 Å². The minimum atomic E-state index is 0.614. The summed E-state index contributed by atoms with van der Waals surface area (Å²) >= 11 is 5.61. The molecule has 1 heterocycles. The number of halogens is 1. The minimum absolute atomic E-state index is 0.614. The number of nitrogens with one attached hydrogen (secondary N) is 1. The van der Waals surface area contributed by atoms with Crippen LogP contribution in [0.5, 0.6) is 0 Å². The summed E-state index contributed by atoms with van der Waals surface area (Å²) in [5, 5.41) is 3.57. The Hall–Kier alpha value is -0.150. The summed E-state index contributed by atoms with van der Waals surface area (Å²) in [6.07, 6.45) is 2.80. The molecular formula is C11H12BrNS. The fourth-order valence-corrected chi connectivity index (χ4v) is 3.90. The molecule has 1 spiro atoms. The number of thioether (sulfide) groups is 1. The zero-order valence-corrected chi connectivity index (χ0v) is 10.2. The van der Waals surface area contributed by atoms with Gasteiger partial charge >= 0.3 is 0 Å². The van der Waals surface area contributed by atoms with E-state index in [1.165, 1.54) is 33.7 Å². The molecular weight excluding hydrogens is 258 g/mol. The van der Waals surface area contributed by atoms with Crippen molar-refractivity contribution in [2.75, 3.05) is 17.6 Å². The first-order valence-electron chi connectivity index (χ1n) is 4.94. The van der Waals surface area contributed by atoms with Crippen molar-refractivity contribution in [3.8, 4) is 0 Å². The molecule has 1 saturated carbocycles. The molecule has 14 heavy (non-hydrogen) atoms. The molecule has 0 bridgehead atoms. The molecule has 0 amide bonds. The fourth-order valence-electron chi connectivity index (χ4n) is 1.85. The van der Waals surface area contributed by atoms with E-state index in [9.17, 15) is 0 Å². The standard InChI is InChI=1S/C11H12BrNS/c12-8-2-1-3-9-10(8)14-7-11(4-5-11)6-13-9/h1-3,13H,4-7H2. The number of rotatable bonds is 0. The molecule has 1 fully saturated rings. The first-order chi connectivity index (χ1) is 6.79. The maximum atomic E-state index is 3.61. The predicted octanol–water partition coefficient (Wildman–Crippen LogP) is 3.75. The van der Waals surface area contributed by atoms with Gasteiger partial charge in [0.15, 0.2) is 0 Å². The van der Waals surface area contributed by atoms with E-state index >= 15 is 0 Å². The number of benzene rings is 1. The lowest BCUT2D eigenvalue weighted by Crippen LogP contribution is -2.15. The largest absolute Gasteiger partial charge is 0.384 e. The van der Waals surface area contributed by atoms with E-state index in [1.807, 2.05) is 11.8 Å². The Bertz CT molecular complexity index is 374. The SMILES string of the molecule is Brc1cccc2c1SCC1(CC1)CN2. The van der Waals surface area contributed by atoms with E-state index in [0.717, 1.165) is 6.54 Å². The summed E-state index contributed by atoms with van der Waals surface area (Å²) in [7, 11) is 0. The van der Waals surface area contributed by atoms with Crippen molar-refractivity contribution in [3.63, 3.8) is 0 Å². The lowest BCUT2D eigenvalue weighted by molar-refractivity contribution is 0.626. The van der Waals surface area contributed by atoms with Gasteiger partial charge in [0.2, 0.25) is 0 Å². The molecule has 1 aromatic rings. The van der Waals surface area contributed by atoms with E-state index in [1.54, 1.807) is 0 Å². The van der Waals surface area contributed by atoms with Gasteiger partial charge in [-0.1, -0.05) is 6.07 Å². The van der Waals surface area contributed by atoms with E-state index in [-0.39, 0.29) is 0 Å². The van der Waals surface area contributed by atoms with Gasteiger partial charge in [-0.3, -0.25) is 0 Å². The van der Waals surface area contributed by atoms with Gasteiger partial charge in [-0.15, -0.1) is 11.8 Å². The lowest BCUT2D eigenvalue weighted by Gasteiger charge is -2.10. The van der Waals surface area contributed by atoms with Gasteiger partial charge in [-0.2, -0.15) is 0 Å². The quantitative estimate of drug-likeness (QED) is 0.770.